The third-order valence-electron chi connectivity index (χ3n) is 2.87. The lowest BCUT2D eigenvalue weighted by atomic mass is 10.2. The van der Waals surface area contributed by atoms with Crippen LogP contribution < -0.4 is 5.32 Å². The van der Waals surface area contributed by atoms with Gasteiger partial charge in [0.25, 0.3) is 0 Å². The largest absolute Gasteiger partial charge is 0.316 e. The van der Waals surface area contributed by atoms with Gasteiger partial charge in [-0.05, 0) is 38.6 Å². The molecule has 1 aromatic carbocycles. The van der Waals surface area contributed by atoms with Gasteiger partial charge in [-0.1, -0.05) is 11.6 Å². The summed E-state index contributed by atoms with van der Waals surface area (Å²) in [5.41, 5.74) is 1.39. The number of aryl methyl sites for hydroxylation is 1. The molecule has 0 unspecified atom stereocenters. The van der Waals surface area contributed by atoms with Gasteiger partial charge >= 0.3 is 0 Å². The molecular weight excluding hydrogens is 272 g/mol. The second-order valence-electron chi connectivity index (χ2n) is 4.34. The summed E-state index contributed by atoms with van der Waals surface area (Å²) in [6, 6.07) is 2.58. The molecule has 6 heteroatoms. The third-order valence-corrected chi connectivity index (χ3v) is 3.42. The van der Waals surface area contributed by atoms with Crippen LogP contribution in [0, 0.1) is 25.5 Å². The highest BCUT2D eigenvalue weighted by atomic mass is 35.5. The zero-order valence-corrected chi connectivity index (χ0v) is 11.6. The summed E-state index contributed by atoms with van der Waals surface area (Å²) >= 11 is 6.00. The summed E-state index contributed by atoms with van der Waals surface area (Å²) in [6.07, 6.45) is 0. The number of nitrogens with zero attached hydrogens (tertiary/aromatic N) is 2. The van der Waals surface area contributed by atoms with Crippen LogP contribution in [0.3, 0.4) is 0 Å². The number of rotatable bonds is 3. The van der Waals surface area contributed by atoms with E-state index >= 15 is 0 Å². The van der Waals surface area contributed by atoms with Crippen molar-refractivity contribution in [3.63, 3.8) is 0 Å². The molecule has 2 rings (SSSR count). The van der Waals surface area contributed by atoms with Crippen LogP contribution in [-0.2, 0) is 6.54 Å². The fourth-order valence-electron chi connectivity index (χ4n) is 1.97. The first kappa shape index (κ1) is 14.0. The zero-order chi connectivity index (χ0) is 14.2. The normalized spacial score (nSPS) is 11.1. The minimum absolute atomic E-state index is 0.202. The standard InChI is InChI=1S/C13H14ClF2N3/c1-7-12(14)8(2)19(18-7)13-10(15)4-9(6-17-3)5-11(13)16/h4-5,17H,6H2,1-3H3. The molecule has 0 spiro atoms. The van der Waals surface area contributed by atoms with Crippen molar-refractivity contribution < 1.29 is 8.78 Å². The van der Waals surface area contributed by atoms with E-state index in [0.717, 1.165) is 0 Å². The van der Waals surface area contributed by atoms with Crippen LogP contribution in [0.25, 0.3) is 5.69 Å². The molecule has 0 fully saturated rings. The summed E-state index contributed by atoms with van der Waals surface area (Å²) in [5, 5.41) is 7.33. The number of halogens is 3. The van der Waals surface area contributed by atoms with E-state index in [9.17, 15) is 8.78 Å². The summed E-state index contributed by atoms with van der Waals surface area (Å²) in [5.74, 6) is -1.32. The first-order valence-electron chi connectivity index (χ1n) is 5.80. The Balaban J connectivity index is 2.59. The van der Waals surface area contributed by atoms with Crippen molar-refractivity contribution in [2.45, 2.75) is 20.4 Å². The van der Waals surface area contributed by atoms with E-state index in [1.165, 1.54) is 16.8 Å². The number of aromatic nitrogens is 2. The third kappa shape index (κ3) is 2.48. The molecule has 0 aliphatic carbocycles. The Labute approximate surface area is 115 Å². The number of hydrogen-bond acceptors (Lipinski definition) is 2. The van der Waals surface area contributed by atoms with Crippen LogP contribution in [0.2, 0.25) is 5.02 Å². The predicted octanol–water partition coefficient (Wildman–Crippen LogP) is 3.14. The highest BCUT2D eigenvalue weighted by molar-refractivity contribution is 6.31. The smallest absolute Gasteiger partial charge is 0.152 e. The minimum Gasteiger partial charge on any atom is -0.316 e. The second-order valence-corrected chi connectivity index (χ2v) is 4.71. The quantitative estimate of drug-likeness (QED) is 0.939. The lowest BCUT2D eigenvalue weighted by Crippen LogP contribution is -2.10. The van der Waals surface area contributed by atoms with Gasteiger partial charge in [0.2, 0.25) is 0 Å². The molecule has 1 aromatic heterocycles. The molecule has 1 N–H and O–H groups in total. The van der Waals surface area contributed by atoms with Crippen molar-refractivity contribution in [2.75, 3.05) is 7.05 Å². The molecule has 2 aromatic rings. The molecule has 0 amide bonds. The van der Waals surface area contributed by atoms with E-state index < -0.39 is 11.6 Å². The molecule has 0 aliphatic heterocycles. The number of nitrogens with one attached hydrogen (secondary N) is 1. The van der Waals surface area contributed by atoms with Gasteiger partial charge in [-0.2, -0.15) is 5.10 Å². The van der Waals surface area contributed by atoms with Gasteiger partial charge in [-0.3, -0.25) is 0 Å². The maximum Gasteiger partial charge on any atom is 0.152 e. The molecular formula is C13H14ClF2N3. The van der Waals surface area contributed by atoms with Crippen LogP contribution in [0.1, 0.15) is 17.0 Å². The maximum atomic E-state index is 14.1. The fraction of sp³-hybridized carbons (Fsp3) is 0.308. The van der Waals surface area contributed by atoms with Crippen LogP contribution in [0.15, 0.2) is 12.1 Å². The topological polar surface area (TPSA) is 29.9 Å². The van der Waals surface area contributed by atoms with Crippen molar-refractivity contribution in [3.8, 4) is 5.69 Å². The van der Waals surface area contributed by atoms with Gasteiger partial charge in [0.15, 0.2) is 11.6 Å². The summed E-state index contributed by atoms with van der Waals surface area (Å²) < 4.78 is 29.3. The predicted molar refractivity (Wildman–Crippen MR) is 70.7 cm³/mol. The van der Waals surface area contributed by atoms with Crippen molar-refractivity contribution in [3.05, 3.63) is 45.7 Å². The Morgan fingerprint density at radius 2 is 1.84 bits per heavy atom. The van der Waals surface area contributed by atoms with Gasteiger partial charge in [-0.15, -0.1) is 0 Å². The number of benzene rings is 1. The van der Waals surface area contributed by atoms with E-state index in [-0.39, 0.29) is 5.69 Å². The van der Waals surface area contributed by atoms with Crippen LogP contribution in [-0.4, -0.2) is 16.8 Å². The highest BCUT2D eigenvalue weighted by Gasteiger charge is 2.18. The van der Waals surface area contributed by atoms with E-state index in [1.807, 2.05) is 0 Å². The first-order valence-corrected chi connectivity index (χ1v) is 6.18. The van der Waals surface area contributed by atoms with Crippen LogP contribution in [0.5, 0.6) is 0 Å². The van der Waals surface area contributed by atoms with Gasteiger partial charge in [0.1, 0.15) is 5.69 Å². The Morgan fingerprint density at radius 1 is 1.26 bits per heavy atom. The van der Waals surface area contributed by atoms with Crippen molar-refractivity contribution in [1.82, 2.24) is 15.1 Å². The molecule has 0 atom stereocenters. The van der Waals surface area contributed by atoms with E-state index in [4.69, 9.17) is 11.6 Å². The average molecular weight is 286 g/mol. The molecule has 3 nitrogen and oxygen atoms in total. The molecule has 19 heavy (non-hydrogen) atoms. The molecule has 0 aliphatic rings. The molecule has 1 heterocycles. The van der Waals surface area contributed by atoms with E-state index in [2.05, 4.69) is 10.4 Å². The second kappa shape index (κ2) is 5.27. The molecule has 102 valence electrons. The van der Waals surface area contributed by atoms with Gasteiger partial charge in [0.05, 0.1) is 16.4 Å². The van der Waals surface area contributed by atoms with Crippen molar-refractivity contribution in [1.29, 1.82) is 0 Å². The number of hydrogen-bond donors (Lipinski definition) is 1. The molecule has 0 saturated carbocycles. The van der Waals surface area contributed by atoms with Gasteiger partial charge < -0.3 is 5.32 Å². The van der Waals surface area contributed by atoms with E-state index in [1.54, 1.807) is 20.9 Å². The highest BCUT2D eigenvalue weighted by Crippen LogP contribution is 2.26. The minimum atomic E-state index is -0.660. The van der Waals surface area contributed by atoms with Crippen molar-refractivity contribution in [2.24, 2.45) is 0 Å². The summed E-state index contributed by atoms with van der Waals surface area (Å²) in [7, 11) is 1.71. The zero-order valence-electron chi connectivity index (χ0n) is 10.9. The van der Waals surface area contributed by atoms with Crippen LogP contribution in [0.4, 0.5) is 8.78 Å². The molecule has 0 radical (unpaired) electrons. The first-order chi connectivity index (χ1) is 8.95. The lowest BCUT2D eigenvalue weighted by Gasteiger charge is -2.09. The Bertz CT molecular complexity index is 600. The maximum absolute atomic E-state index is 14.1. The SMILES string of the molecule is CNCc1cc(F)c(-n2nc(C)c(Cl)c2C)c(F)c1. The van der Waals surface area contributed by atoms with Crippen LogP contribution >= 0.6 is 11.6 Å². The Morgan fingerprint density at radius 3 is 2.26 bits per heavy atom. The average Bonchev–Trinajstić information content (AvgIpc) is 2.57. The molecule has 0 bridgehead atoms. The lowest BCUT2D eigenvalue weighted by molar-refractivity contribution is 0.552. The monoisotopic (exact) mass is 285 g/mol. The fourth-order valence-corrected chi connectivity index (χ4v) is 2.09. The molecule has 0 saturated heterocycles. The Kier molecular flexibility index (Phi) is 3.87. The Hall–Kier alpha value is -1.46. The summed E-state index contributed by atoms with van der Waals surface area (Å²) in [4.78, 5) is 0. The van der Waals surface area contributed by atoms with Gasteiger partial charge in [0, 0.05) is 6.54 Å². The van der Waals surface area contributed by atoms with Crippen molar-refractivity contribution >= 4 is 11.6 Å². The summed E-state index contributed by atoms with van der Waals surface area (Å²) in [6.45, 7) is 3.76. The van der Waals surface area contributed by atoms with E-state index in [0.29, 0.717) is 28.5 Å². The van der Waals surface area contributed by atoms with Gasteiger partial charge in [-0.25, -0.2) is 13.5 Å².